The molecule has 0 fully saturated rings. The second-order valence-electron chi connectivity index (χ2n) is 7.31. The van der Waals surface area contributed by atoms with Crippen molar-refractivity contribution < 1.29 is 62.8 Å². The van der Waals surface area contributed by atoms with Gasteiger partial charge in [-0.3, -0.25) is 14.1 Å². The van der Waals surface area contributed by atoms with E-state index in [1.807, 2.05) is 0 Å². The summed E-state index contributed by atoms with van der Waals surface area (Å²) in [4.78, 5) is 40.2. The summed E-state index contributed by atoms with van der Waals surface area (Å²) in [6.07, 6.45) is 1.02. The molecule has 0 aromatic heterocycles. The topological polar surface area (TPSA) is 244 Å². The maximum Gasteiger partial charge on any atom is 0.335 e. The molecule has 7 N–H and O–H groups in total. The summed E-state index contributed by atoms with van der Waals surface area (Å²) < 4.78 is 30.2. The molecule has 1 aromatic rings. The minimum Gasteiger partial charge on any atom is -0.481 e. The molecule has 1 rings (SSSR count). The largest absolute Gasteiger partial charge is 0.481 e. The highest BCUT2D eigenvalue weighted by Crippen LogP contribution is 2.15. The molecule has 0 unspecified atom stereocenters. The Labute approximate surface area is 189 Å². The number of aliphatic carboxylic acids is 2. The maximum atomic E-state index is 10.8. The first kappa shape index (κ1) is 32.1. The Hall–Kier alpha value is -3.07. The molecule has 14 heteroatoms. The summed E-state index contributed by atoms with van der Waals surface area (Å²) in [5, 5.41) is 50.4. The highest BCUT2D eigenvalue weighted by Gasteiger charge is 2.17. The Morgan fingerprint density at radius 2 is 1.09 bits per heavy atom. The van der Waals surface area contributed by atoms with E-state index in [4.69, 9.17) is 35.2 Å². The Bertz CT molecular complexity index is 865. The molecular weight excluding hydrogens is 468 g/mol. The lowest BCUT2D eigenvalue weighted by atomic mass is 9.97. The van der Waals surface area contributed by atoms with E-state index in [1.165, 1.54) is 0 Å². The van der Waals surface area contributed by atoms with Crippen molar-refractivity contribution in [1.82, 2.24) is 0 Å². The van der Waals surface area contributed by atoms with Gasteiger partial charge in [-0.25, -0.2) is 9.59 Å². The highest BCUT2D eigenvalue weighted by atomic mass is 32.2. The number of carbonyl (C=O) groups is 4. The lowest BCUT2D eigenvalue weighted by molar-refractivity contribution is -0.139. The number of aromatic carboxylic acids is 2. The van der Waals surface area contributed by atoms with E-state index in [9.17, 15) is 27.6 Å². The zero-order chi connectivity index (χ0) is 26.4. The minimum atomic E-state index is -4.64. The fraction of sp³-hybridized carbons (Fsp3) is 0.474. The first-order valence-corrected chi connectivity index (χ1v) is 10.6. The third kappa shape index (κ3) is 16.3. The summed E-state index contributed by atoms with van der Waals surface area (Å²) in [5.74, 6) is -4.73. The number of rotatable bonds is 10. The van der Waals surface area contributed by atoms with E-state index in [0.717, 1.165) is 6.07 Å². The van der Waals surface area contributed by atoms with E-state index in [0.29, 0.717) is 25.0 Å². The van der Waals surface area contributed by atoms with Crippen LogP contribution in [0.1, 0.15) is 60.2 Å². The summed E-state index contributed by atoms with van der Waals surface area (Å²) >= 11 is 0. The average Bonchev–Trinajstić information content (AvgIpc) is 2.71. The molecule has 0 saturated heterocycles. The third-order valence-electron chi connectivity index (χ3n) is 3.59. The van der Waals surface area contributed by atoms with Crippen LogP contribution in [0.5, 0.6) is 0 Å². The van der Waals surface area contributed by atoms with Crippen LogP contribution in [-0.4, -0.2) is 80.7 Å². The van der Waals surface area contributed by atoms with Crippen LogP contribution in [0.25, 0.3) is 0 Å². The van der Waals surface area contributed by atoms with Crippen molar-refractivity contribution in [1.29, 1.82) is 0 Å². The Morgan fingerprint density at radius 1 is 0.758 bits per heavy atom. The van der Waals surface area contributed by atoms with Crippen LogP contribution in [-0.2, 0) is 19.7 Å². The monoisotopic (exact) mass is 496 g/mol. The number of aliphatic hydroxyl groups excluding tert-OH is 2. The SMILES string of the molecule is CC(C)(CO)CO.O=C(O)CCCCC(=O)O.O=C(O)c1cc(C(=O)O)cc(S(=O)(=O)O)c1. The predicted octanol–water partition coefficient (Wildman–Crippen LogP) is 1.04. The van der Waals surface area contributed by atoms with Gasteiger partial charge in [0, 0.05) is 18.3 Å². The van der Waals surface area contributed by atoms with Crippen molar-refractivity contribution in [3.63, 3.8) is 0 Å². The van der Waals surface area contributed by atoms with Crippen LogP contribution < -0.4 is 0 Å². The second-order valence-corrected chi connectivity index (χ2v) is 8.73. The molecule has 13 nitrogen and oxygen atoms in total. The van der Waals surface area contributed by atoms with Gasteiger partial charge in [-0.1, -0.05) is 13.8 Å². The van der Waals surface area contributed by atoms with Crippen molar-refractivity contribution in [2.24, 2.45) is 5.41 Å². The summed E-state index contributed by atoms with van der Waals surface area (Å²) in [6, 6.07) is 2.13. The molecule has 0 radical (unpaired) electrons. The fourth-order valence-electron chi connectivity index (χ4n) is 1.60. The number of carboxylic acids is 4. The van der Waals surface area contributed by atoms with Gasteiger partial charge in [-0.15, -0.1) is 0 Å². The predicted molar refractivity (Wildman–Crippen MR) is 112 cm³/mol. The van der Waals surface area contributed by atoms with Gasteiger partial charge < -0.3 is 30.6 Å². The number of carboxylic acid groups (broad SMARTS) is 4. The van der Waals surface area contributed by atoms with Crippen LogP contribution in [0.3, 0.4) is 0 Å². The van der Waals surface area contributed by atoms with Gasteiger partial charge in [0.1, 0.15) is 0 Å². The summed E-state index contributed by atoms with van der Waals surface area (Å²) in [5.41, 5.74) is -1.37. The molecule has 0 aliphatic carbocycles. The smallest absolute Gasteiger partial charge is 0.335 e. The van der Waals surface area contributed by atoms with E-state index in [2.05, 4.69) is 0 Å². The standard InChI is InChI=1S/C8H6O7S.C6H10O4.C5H12O2/c9-7(10)4-1-5(8(11)12)3-6(2-4)16(13,14)15;7-5(8)3-1-2-4-6(9)10;1-5(2,3-6)4-7/h1-3H,(H,9,10)(H,11,12)(H,13,14,15);1-4H2,(H,7,8)(H,9,10);6-7H,3-4H2,1-2H3. The van der Waals surface area contributed by atoms with Gasteiger partial charge in [-0.2, -0.15) is 8.42 Å². The molecule has 0 saturated carbocycles. The van der Waals surface area contributed by atoms with Gasteiger partial charge >= 0.3 is 23.9 Å². The lowest BCUT2D eigenvalue weighted by Crippen LogP contribution is -2.20. The summed E-state index contributed by atoms with van der Waals surface area (Å²) in [6.45, 7) is 3.69. The van der Waals surface area contributed by atoms with E-state index in [-0.39, 0.29) is 31.5 Å². The van der Waals surface area contributed by atoms with Crippen LogP contribution in [0.4, 0.5) is 0 Å². The zero-order valence-electron chi connectivity index (χ0n) is 18.0. The zero-order valence-corrected chi connectivity index (χ0v) is 18.8. The first-order valence-electron chi connectivity index (χ1n) is 9.21. The van der Waals surface area contributed by atoms with Crippen LogP contribution in [0.15, 0.2) is 23.1 Å². The Morgan fingerprint density at radius 3 is 1.27 bits per heavy atom. The quantitative estimate of drug-likeness (QED) is 0.177. The van der Waals surface area contributed by atoms with Gasteiger partial charge in [0.05, 0.1) is 29.2 Å². The normalized spacial score (nSPS) is 10.7. The van der Waals surface area contributed by atoms with Crippen molar-refractivity contribution in [3.05, 3.63) is 29.3 Å². The molecule has 0 aliphatic rings. The molecule has 33 heavy (non-hydrogen) atoms. The molecule has 0 bridgehead atoms. The summed E-state index contributed by atoms with van der Waals surface area (Å²) in [7, 11) is -4.64. The molecule has 0 atom stereocenters. The fourth-order valence-corrected chi connectivity index (χ4v) is 2.15. The number of aliphatic hydroxyl groups is 2. The van der Waals surface area contributed by atoms with Crippen molar-refractivity contribution >= 4 is 34.0 Å². The number of benzene rings is 1. The lowest BCUT2D eigenvalue weighted by Gasteiger charge is -2.16. The molecule has 0 heterocycles. The average molecular weight is 496 g/mol. The Balaban J connectivity index is 0. The van der Waals surface area contributed by atoms with Gasteiger partial charge in [-0.05, 0) is 31.0 Å². The molecule has 1 aromatic carbocycles. The van der Waals surface area contributed by atoms with Gasteiger partial charge in [0.2, 0.25) is 0 Å². The number of hydrogen-bond donors (Lipinski definition) is 7. The third-order valence-corrected chi connectivity index (χ3v) is 4.42. The molecular formula is C19H28O13S. The van der Waals surface area contributed by atoms with E-state index < -0.39 is 50.0 Å². The molecule has 188 valence electrons. The van der Waals surface area contributed by atoms with E-state index in [1.54, 1.807) is 13.8 Å². The van der Waals surface area contributed by atoms with E-state index >= 15 is 0 Å². The first-order chi connectivity index (χ1) is 15.0. The van der Waals surface area contributed by atoms with Gasteiger partial charge in [0.15, 0.2) is 0 Å². The molecule has 0 aliphatic heterocycles. The molecule has 0 spiro atoms. The molecule has 0 amide bonds. The van der Waals surface area contributed by atoms with Crippen molar-refractivity contribution in [2.75, 3.05) is 13.2 Å². The highest BCUT2D eigenvalue weighted by molar-refractivity contribution is 7.85. The van der Waals surface area contributed by atoms with Gasteiger partial charge in [0.25, 0.3) is 10.1 Å². The number of hydrogen-bond acceptors (Lipinski definition) is 8. The minimum absolute atomic E-state index is 0.0451. The second kappa shape index (κ2) is 14.9. The van der Waals surface area contributed by atoms with Crippen LogP contribution in [0.2, 0.25) is 0 Å². The number of unbranched alkanes of at least 4 members (excludes halogenated alkanes) is 1. The van der Waals surface area contributed by atoms with Crippen LogP contribution in [0, 0.1) is 5.41 Å². The van der Waals surface area contributed by atoms with Crippen LogP contribution >= 0.6 is 0 Å². The van der Waals surface area contributed by atoms with Crippen molar-refractivity contribution in [3.8, 4) is 0 Å². The van der Waals surface area contributed by atoms with Crippen molar-refractivity contribution in [2.45, 2.75) is 44.4 Å². The maximum absolute atomic E-state index is 10.8. The Kier molecular flexibility index (Phi) is 14.5.